The number of nitrogens with zero attached hydrogens (tertiary/aromatic N) is 2. The van der Waals surface area contributed by atoms with Gasteiger partial charge >= 0.3 is 0 Å². The van der Waals surface area contributed by atoms with Crippen molar-refractivity contribution in [2.75, 3.05) is 17.7 Å². The molecule has 1 atom stereocenters. The van der Waals surface area contributed by atoms with E-state index in [0.717, 1.165) is 5.56 Å². The van der Waals surface area contributed by atoms with Crippen molar-refractivity contribution in [1.82, 2.24) is 9.78 Å². The van der Waals surface area contributed by atoms with Crippen LogP contribution in [0.2, 0.25) is 0 Å². The minimum atomic E-state index is -0.783. The van der Waals surface area contributed by atoms with Gasteiger partial charge in [0.05, 0.1) is 18.7 Å². The molecule has 2 N–H and O–H groups in total. The van der Waals surface area contributed by atoms with Gasteiger partial charge in [-0.05, 0) is 42.3 Å². The normalized spacial score (nSPS) is 15.0. The molecule has 8 heteroatoms. The van der Waals surface area contributed by atoms with Gasteiger partial charge in [-0.25, -0.2) is 9.07 Å². The number of hydrogen-bond donors (Lipinski definition) is 2. The number of halogens is 1. The highest BCUT2D eigenvalue weighted by molar-refractivity contribution is 6.04. The van der Waals surface area contributed by atoms with Crippen LogP contribution < -0.4 is 10.6 Å². The lowest BCUT2D eigenvalue weighted by Gasteiger charge is -2.10. The molecule has 0 fully saturated rings. The van der Waals surface area contributed by atoms with Crippen molar-refractivity contribution in [3.63, 3.8) is 0 Å². The Bertz CT molecular complexity index is 1110. The number of aryl methyl sites for hydroxylation is 1. The van der Waals surface area contributed by atoms with Crippen molar-refractivity contribution in [3.8, 4) is 11.1 Å². The first-order chi connectivity index (χ1) is 14.5. The van der Waals surface area contributed by atoms with E-state index in [1.165, 1.54) is 16.8 Å². The van der Waals surface area contributed by atoms with Crippen LogP contribution in [0.3, 0.4) is 0 Å². The fourth-order valence-electron chi connectivity index (χ4n) is 3.58. The fourth-order valence-corrected chi connectivity index (χ4v) is 3.58. The summed E-state index contributed by atoms with van der Waals surface area (Å²) in [6, 6.07) is 12.6. The van der Waals surface area contributed by atoms with Crippen LogP contribution >= 0.6 is 0 Å². The Balaban J connectivity index is 1.62. The molecule has 0 saturated carbocycles. The molecule has 1 aromatic heterocycles. The molecule has 154 valence electrons. The van der Waals surface area contributed by atoms with Crippen LogP contribution in [0.1, 0.15) is 23.7 Å². The molecule has 0 radical (unpaired) electrons. The molecular formula is C22H21FN4O3. The van der Waals surface area contributed by atoms with Gasteiger partial charge in [0.1, 0.15) is 17.7 Å². The Labute approximate surface area is 172 Å². The third kappa shape index (κ3) is 3.81. The van der Waals surface area contributed by atoms with E-state index in [1.807, 2.05) is 25.1 Å². The average Bonchev–Trinajstić information content (AvgIpc) is 3.18. The number of fused-ring (bicyclic) bond motifs is 1. The standard InChI is InChI=1S/C22H21FN4O3/c1-13-4-3-5-16(10-13)24-19(28)11-18-22(29)25-21-20(14-6-8-15(23)9-7-14)17(12-30-2)26-27(18)21/h3-10,18H,11-12H2,1-2H3,(H,24,28)(H,25,29). The molecule has 0 aliphatic carbocycles. The van der Waals surface area contributed by atoms with Gasteiger partial charge in [-0.15, -0.1) is 0 Å². The van der Waals surface area contributed by atoms with E-state index in [9.17, 15) is 14.0 Å². The van der Waals surface area contributed by atoms with E-state index in [4.69, 9.17) is 4.74 Å². The monoisotopic (exact) mass is 408 g/mol. The van der Waals surface area contributed by atoms with Gasteiger partial charge in [-0.3, -0.25) is 9.59 Å². The summed E-state index contributed by atoms with van der Waals surface area (Å²) in [6.07, 6.45) is -0.0657. The molecular weight excluding hydrogens is 387 g/mol. The second-order valence-corrected chi connectivity index (χ2v) is 7.18. The molecule has 1 aliphatic rings. The van der Waals surface area contributed by atoms with Crippen LogP contribution in [-0.4, -0.2) is 28.7 Å². The van der Waals surface area contributed by atoms with Crippen molar-refractivity contribution in [3.05, 3.63) is 65.6 Å². The van der Waals surface area contributed by atoms with Gasteiger partial charge in [0, 0.05) is 18.4 Å². The summed E-state index contributed by atoms with van der Waals surface area (Å²) in [5, 5.41) is 10.2. The van der Waals surface area contributed by atoms with Crippen LogP contribution in [0.15, 0.2) is 48.5 Å². The number of rotatable bonds is 6. The van der Waals surface area contributed by atoms with Gasteiger partial charge in [0.2, 0.25) is 5.91 Å². The first-order valence-corrected chi connectivity index (χ1v) is 9.50. The molecule has 3 aromatic rings. The third-order valence-corrected chi connectivity index (χ3v) is 4.92. The molecule has 30 heavy (non-hydrogen) atoms. The summed E-state index contributed by atoms with van der Waals surface area (Å²) < 4.78 is 20.1. The van der Waals surface area contributed by atoms with Gasteiger partial charge < -0.3 is 15.4 Å². The van der Waals surface area contributed by atoms with Gasteiger partial charge in [0.15, 0.2) is 0 Å². The smallest absolute Gasteiger partial charge is 0.251 e. The predicted octanol–water partition coefficient (Wildman–Crippen LogP) is 3.67. The van der Waals surface area contributed by atoms with Gasteiger partial charge in [-0.2, -0.15) is 5.10 Å². The van der Waals surface area contributed by atoms with Crippen LogP contribution in [0.5, 0.6) is 0 Å². The fraction of sp³-hybridized carbons (Fsp3) is 0.227. The molecule has 0 spiro atoms. The van der Waals surface area contributed by atoms with E-state index < -0.39 is 6.04 Å². The predicted molar refractivity (Wildman–Crippen MR) is 110 cm³/mol. The van der Waals surface area contributed by atoms with E-state index >= 15 is 0 Å². The molecule has 1 unspecified atom stereocenters. The molecule has 4 rings (SSSR count). The zero-order chi connectivity index (χ0) is 21.3. The Morgan fingerprint density at radius 1 is 1.27 bits per heavy atom. The summed E-state index contributed by atoms with van der Waals surface area (Å²) in [6.45, 7) is 2.15. The Hall–Kier alpha value is -3.52. The summed E-state index contributed by atoms with van der Waals surface area (Å²) in [5.41, 5.74) is 3.66. The third-order valence-electron chi connectivity index (χ3n) is 4.92. The van der Waals surface area contributed by atoms with E-state index in [1.54, 1.807) is 25.3 Å². The maximum atomic E-state index is 13.4. The van der Waals surface area contributed by atoms with Gasteiger partial charge in [0.25, 0.3) is 5.91 Å². The SMILES string of the molecule is COCc1nn2c(c1-c1ccc(F)cc1)NC(=O)C2CC(=O)Nc1cccc(C)c1. The lowest BCUT2D eigenvalue weighted by molar-refractivity contribution is -0.123. The quantitative estimate of drug-likeness (QED) is 0.652. The van der Waals surface area contributed by atoms with Crippen LogP contribution in [-0.2, 0) is 20.9 Å². The Kier molecular flexibility index (Phi) is 5.33. The van der Waals surface area contributed by atoms with Crippen LogP contribution in [0.25, 0.3) is 11.1 Å². The summed E-state index contributed by atoms with van der Waals surface area (Å²) in [5.74, 6) is -0.484. The van der Waals surface area contributed by atoms with E-state index in [2.05, 4.69) is 15.7 Å². The molecule has 1 aliphatic heterocycles. The lowest BCUT2D eigenvalue weighted by atomic mass is 10.1. The summed E-state index contributed by atoms with van der Waals surface area (Å²) in [7, 11) is 1.55. The topological polar surface area (TPSA) is 85.2 Å². The maximum absolute atomic E-state index is 13.4. The second kappa shape index (κ2) is 8.08. The highest BCUT2D eigenvalue weighted by atomic mass is 19.1. The zero-order valence-electron chi connectivity index (χ0n) is 16.6. The molecule has 2 aromatic carbocycles. The van der Waals surface area contributed by atoms with Crippen molar-refractivity contribution < 1.29 is 18.7 Å². The lowest BCUT2D eigenvalue weighted by Crippen LogP contribution is -2.24. The van der Waals surface area contributed by atoms with E-state index in [-0.39, 0.29) is 30.7 Å². The van der Waals surface area contributed by atoms with Crippen molar-refractivity contribution in [2.24, 2.45) is 0 Å². The number of carbonyl (C=O) groups is 2. The van der Waals surface area contributed by atoms with Crippen molar-refractivity contribution >= 4 is 23.3 Å². The van der Waals surface area contributed by atoms with Crippen LogP contribution in [0, 0.1) is 12.7 Å². The Morgan fingerprint density at radius 3 is 2.73 bits per heavy atom. The summed E-state index contributed by atoms with van der Waals surface area (Å²) in [4.78, 5) is 25.2. The van der Waals surface area contributed by atoms with Gasteiger partial charge in [-0.1, -0.05) is 24.3 Å². The second-order valence-electron chi connectivity index (χ2n) is 7.18. The highest BCUT2D eigenvalue weighted by Crippen LogP contribution is 2.39. The number of ether oxygens (including phenoxy) is 1. The van der Waals surface area contributed by atoms with Crippen LogP contribution in [0.4, 0.5) is 15.9 Å². The average molecular weight is 408 g/mol. The number of anilines is 2. The summed E-state index contributed by atoms with van der Waals surface area (Å²) >= 11 is 0. The zero-order valence-corrected chi connectivity index (χ0v) is 16.6. The van der Waals surface area contributed by atoms with Crippen molar-refractivity contribution in [2.45, 2.75) is 26.0 Å². The van der Waals surface area contributed by atoms with E-state index in [0.29, 0.717) is 28.3 Å². The number of hydrogen-bond acceptors (Lipinski definition) is 4. The number of carbonyl (C=O) groups excluding carboxylic acids is 2. The minimum absolute atomic E-state index is 0.0657. The number of nitrogens with one attached hydrogen (secondary N) is 2. The minimum Gasteiger partial charge on any atom is -0.378 e. The number of amides is 2. The first-order valence-electron chi connectivity index (χ1n) is 9.50. The maximum Gasteiger partial charge on any atom is 0.251 e. The Morgan fingerprint density at radius 2 is 2.03 bits per heavy atom. The first kappa shape index (κ1) is 19.8. The molecule has 2 heterocycles. The van der Waals surface area contributed by atoms with Crippen molar-refractivity contribution in [1.29, 1.82) is 0 Å². The molecule has 2 amide bonds. The molecule has 0 saturated heterocycles. The number of benzene rings is 2. The molecule has 0 bridgehead atoms. The molecule has 7 nitrogen and oxygen atoms in total. The highest BCUT2D eigenvalue weighted by Gasteiger charge is 2.37. The largest absolute Gasteiger partial charge is 0.378 e. The number of methoxy groups -OCH3 is 1. The number of aromatic nitrogens is 2.